The predicted octanol–water partition coefficient (Wildman–Crippen LogP) is 4.40. The van der Waals surface area contributed by atoms with Crippen LogP contribution in [-0.2, 0) is 6.42 Å². The fourth-order valence-corrected chi connectivity index (χ4v) is 2.41. The van der Waals surface area contributed by atoms with E-state index in [1.165, 1.54) is 0 Å². The lowest BCUT2D eigenvalue weighted by molar-refractivity contribution is 0.469. The molecular formula is C13H10BrClO. The molecule has 0 aliphatic rings. The van der Waals surface area contributed by atoms with Crippen molar-refractivity contribution < 1.29 is 5.11 Å². The number of phenols is 1. The number of benzene rings is 2. The highest BCUT2D eigenvalue weighted by Gasteiger charge is 2.08. The molecule has 2 aromatic carbocycles. The van der Waals surface area contributed by atoms with Crippen LogP contribution in [0, 0.1) is 0 Å². The van der Waals surface area contributed by atoms with Gasteiger partial charge in [-0.25, -0.2) is 0 Å². The summed E-state index contributed by atoms with van der Waals surface area (Å²) >= 11 is 9.58. The molecule has 1 N–H and O–H groups in total. The van der Waals surface area contributed by atoms with E-state index in [2.05, 4.69) is 15.9 Å². The van der Waals surface area contributed by atoms with Crippen molar-refractivity contribution in [3.63, 3.8) is 0 Å². The first-order valence-corrected chi connectivity index (χ1v) is 6.05. The van der Waals surface area contributed by atoms with E-state index in [9.17, 15) is 5.11 Å². The zero-order chi connectivity index (χ0) is 11.5. The predicted molar refractivity (Wildman–Crippen MR) is 70.1 cm³/mol. The van der Waals surface area contributed by atoms with Gasteiger partial charge in [-0.2, -0.15) is 0 Å². The average molecular weight is 298 g/mol. The first-order valence-electron chi connectivity index (χ1n) is 4.88. The van der Waals surface area contributed by atoms with Crippen LogP contribution in [0.2, 0.25) is 5.02 Å². The minimum Gasteiger partial charge on any atom is -0.508 e. The van der Waals surface area contributed by atoms with Crippen LogP contribution in [0.15, 0.2) is 46.9 Å². The fourth-order valence-electron chi connectivity index (χ4n) is 1.55. The van der Waals surface area contributed by atoms with Gasteiger partial charge >= 0.3 is 0 Å². The van der Waals surface area contributed by atoms with Crippen LogP contribution in [0.1, 0.15) is 11.1 Å². The summed E-state index contributed by atoms with van der Waals surface area (Å²) in [4.78, 5) is 0. The van der Waals surface area contributed by atoms with Crippen molar-refractivity contribution in [1.29, 1.82) is 0 Å². The highest BCUT2D eigenvalue weighted by atomic mass is 79.9. The number of hydrogen-bond acceptors (Lipinski definition) is 1. The molecule has 3 heteroatoms. The molecule has 0 radical (unpaired) electrons. The molecule has 82 valence electrons. The van der Waals surface area contributed by atoms with Gasteiger partial charge in [0, 0.05) is 15.9 Å². The Hall–Kier alpha value is -0.990. The maximum absolute atomic E-state index is 9.70. The van der Waals surface area contributed by atoms with Crippen molar-refractivity contribution in [2.45, 2.75) is 6.42 Å². The summed E-state index contributed by atoms with van der Waals surface area (Å²) in [5, 5.41) is 10.4. The van der Waals surface area contributed by atoms with Crippen molar-refractivity contribution in [3.8, 4) is 5.75 Å². The molecule has 0 aliphatic heterocycles. The van der Waals surface area contributed by atoms with Gasteiger partial charge in [-0.15, -0.1) is 0 Å². The van der Waals surface area contributed by atoms with Crippen LogP contribution in [-0.4, -0.2) is 5.11 Å². The van der Waals surface area contributed by atoms with E-state index in [1.54, 1.807) is 12.1 Å². The van der Waals surface area contributed by atoms with Gasteiger partial charge in [0.15, 0.2) is 0 Å². The molecule has 0 spiro atoms. The maximum atomic E-state index is 9.70. The molecule has 0 unspecified atom stereocenters. The van der Waals surface area contributed by atoms with Gasteiger partial charge in [-0.3, -0.25) is 0 Å². The highest BCUT2D eigenvalue weighted by molar-refractivity contribution is 9.10. The zero-order valence-electron chi connectivity index (χ0n) is 8.45. The van der Waals surface area contributed by atoms with Gasteiger partial charge in [-0.1, -0.05) is 51.8 Å². The molecule has 2 rings (SSSR count). The standard InChI is InChI=1S/C13H10BrClO/c14-11-5-3-6-12(15)10(11)8-9-4-1-2-7-13(9)16/h1-7,16H,8H2. The molecule has 0 saturated heterocycles. The molecule has 0 aliphatic carbocycles. The molecule has 0 heterocycles. The van der Waals surface area contributed by atoms with Crippen LogP contribution in [0.25, 0.3) is 0 Å². The lowest BCUT2D eigenvalue weighted by atomic mass is 10.0. The third-order valence-electron chi connectivity index (χ3n) is 2.42. The maximum Gasteiger partial charge on any atom is 0.119 e. The van der Waals surface area contributed by atoms with Crippen LogP contribution in [0.3, 0.4) is 0 Å². The Morgan fingerprint density at radius 3 is 2.50 bits per heavy atom. The second-order valence-electron chi connectivity index (χ2n) is 3.51. The van der Waals surface area contributed by atoms with E-state index < -0.39 is 0 Å². The third-order valence-corrected chi connectivity index (χ3v) is 3.52. The Kier molecular flexibility index (Phi) is 3.52. The summed E-state index contributed by atoms with van der Waals surface area (Å²) in [6.45, 7) is 0. The quantitative estimate of drug-likeness (QED) is 0.871. The van der Waals surface area contributed by atoms with Crippen molar-refractivity contribution in [2.24, 2.45) is 0 Å². The number of hydrogen-bond donors (Lipinski definition) is 1. The second kappa shape index (κ2) is 4.89. The largest absolute Gasteiger partial charge is 0.508 e. The summed E-state index contributed by atoms with van der Waals surface area (Å²) < 4.78 is 0.961. The Morgan fingerprint density at radius 2 is 1.81 bits per heavy atom. The first kappa shape index (κ1) is 11.5. The van der Waals surface area contributed by atoms with Gasteiger partial charge in [0.1, 0.15) is 5.75 Å². The van der Waals surface area contributed by atoms with Crippen LogP contribution < -0.4 is 0 Å². The summed E-state index contributed by atoms with van der Waals surface area (Å²) in [6.07, 6.45) is 0.618. The molecule has 0 amide bonds. The molecule has 0 bridgehead atoms. The molecule has 0 atom stereocenters. The summed E-state index contributed by atoms with van der Waals surface area (Å²) in [6, 6.07) is 13.0. The Labute approximate surface area is 108 Å². The number of aromatic hydroxyl groups is 1. The SMILES string of the molecule is Oc1ccccc1Cc1c(Cl)cccc1Br. The first-order chi connectivity index (χ1) is 7.68. The number of para-hydroxylation sites is 1. The van der Waals surface area contributed by atoms with Crippen LogP contribution in [0.4, 0.5) is 0 Å². The number of halogens is 2. The van der Waals surface area contributed by atoms with E-state index in [-0.39, 0.29) is 0 Å². The Morgan fingerprint density at radius 1 is 1.06 bits per heavy atom. The lowest BCUT2D eigenvalue weighted by Gasteiger charge is -2.08. The summed E-state index contributed by atoms with van der Waals surface area (Å²) in [7, 11) is 0. The Balaban J connectivity index is 2.38. The number of phenolic OH excluding ortho intramolecular Hbond substituents is 1. The van der Waals surface area contributed by atoms with Crippen molar-refractivity contribution >= 4 is 27.5 Å². The molecule has 0 fully saturated rings. The molecule has 1 nitrogen and oxygen atoms in total. The highest BCUT2D eigenvalue weighted by Crippen LogP contribution is 2.29. The van der Waals surface area contributed by atoms with Gasteiger partial charge in [-0.05, 0) is 29.3 Å². The minimum atomic E-state index is 0.300. The van der Waals surface area contributed by atoms with E-state index >= 15 is 0 Å². The smallest absolute Gasteiger partial charge is 0.119 e. The van der Waals surface area contributed by atoms with Gasteiger partial charge in [0.25, 0.3) is 0 Å². The van der Waals surface area contributed by atoms with E-state index in [4.69, 9.17) is 11.6 Å². The molecular weight excluding hydrogens is 287 g/mol. The molecule has 2 aromatic rings. The van der Waals surface area contributed by atoms with Gasteiger partial charge in [0.2, 0.25) is 0 Å². The zero-order valence-corrected chi connectivity index (χ0v) is 10.8. The number of rotatable bonds is 2. The average Bonchev–Trinajstić information content (AvgIpc) is 2.26. The molecule has 16 heavy (non-hydrogen) atoms. The van der Waals surface area contributed by atoms with Crippen molar-refractivity contribution in [1.82, 2.24) is 0 Å². The minimum absolute atomic E-state index is 0.300. The molecule has 0 aromatic heterocycles. The van der Waals surface area contributed by atoms with E-state index in [0.717, 1.165) is 15.6 Å². The van der Waals surface area contributed by atoms with Gasteiger partial charge in [0.05, 0.1) is 0 Å². The van der Waals surface area contributed by atoms with Gasteiger partial charge < -0.3 is 5.11 Å². The lowest BCUT2D eigenvalue weighted by Crippen LogP contribution is -1.91. The van der Waals surface area contributed by atoms with Crippen LogP contribution >= 0.6 is 27.5 Å². The summed E-state index contributed by atoms with van der Waals surface area (Å²) in [5.41, 5.74) is 1.86. The normalized spacial score (nSPS) is 10.4. The second-order valence-corrected chi connectivity index (χ2v) is 4.77. The van der Waals surface area contributed by atoms with E-state index in [1.807, 2.05) is 30.3 Å². The summed E-state index contributed by atoms with van der Waals surface area (Å²) in [5.74, 6) is 0.300. The molecule has 0 saturated carbocycles. The fraction of sp³-hybridized carbons (Fsp3) is 0.0769. The monoisotopic (exact) mass is 296 g/mol. The Bertz CT molecular complexity index is 491. The van der Waals surface area contributed by atoms with Crippen molar-refractivity contribution in [3.05, 3.63) is 63.1 Å². The van der Waals surface area contributed by atoms with Crippen molar-refractivity contribution in [2.75, 3.05) is 0 Å². The van der Waals surface area contributed by atoms with E-state index in [0.29, 0.717) is 17.2 Å². The van der Waals surface area contributed by atoms with Crippen LogP contribution in [0.5, 0.6) is 5.75 Å². The third kappa shape index (κ3) is 2.39. The topological polar surface area (TPSA) is 20.2 Å².